The van der Waals surface area contributed by atoms with Crippen molar-refractivity contribution in [2.24, 2.45) is 5.10 Å². The lowest BCUT2D eigenvalue weighted by atomic mass is 10.2. The summed E-state index contributed by atoms with van der Waals surface area (Å²) in [7, 11) is 1.60. The van der Waals surface area contributed by atoms with Crippen LogP contribution in [-0.2, 0) is 16.1 Å². The number of nitrogens with one attached hydrogen (secondary N) is 2. The zero-order valence-corrected chi connectivity index (χ0v) is 14.1. The summed E-state index contributed by atoms with van der Waals surface area (Å²) >= 11 is 0. The van der Waals surface area contributed by atoms with Crippen LogP contribution in [0.4, 0.5) is 0 Å². The van der Waals surface area contributed by atoms with Crippen molar-refractivity contribution in [2.75, 3.05) is 7.11 Å². The fourth-order valence-electron chi connectivity index (χ4n) is 2.04. The largest absolute Gasteiger partial charge is 0.497 e. The SMILES string of the molecule is COc1ccc(C=NNC(=O)CCC(=O)NCc2ccccc2)cc1. The second kappa shape index (κ2) is 9.87. The number of rotatable bonds is 8. The van der Waals surface area contributed by atoms with Gasteiger partial charge in [-0.15, -0.1) is 0 Å². The minimum absolute atomic E-state index is 0.0839. The summed E-state index contributed by atoms with van der Waals surface area (Å²) in [5.74, 6) is 0.278. The Morgan fingerprint density at radius 2 is 1.68 bits per heavy atom. The van der Waals surface area contributed by atoms with Gasteiger partial charge in [-0.05, 0) is 35.4 Å². The Morgan fingerprint density at radius 3 is 2.36 bits per heavy atom. The Balaban J connectivity index is 1.65. The van der Waals surface area contributed by atoms with Crippen molar-refractivity contribution in [3.63, 3.8) is 0 Å². The number of hydrogen-bond acceptors (Lipinski definition) is 4. The number of ether oxygens (including phenoxy) is 1. The first-order chi connectivity index (χ1) is 12.2. The number of hydrogen-bond donors (Lipinski definition) is 2. The summed E-state index contributed by atoms with van der Waals surface area (Å²) in [6, 6.07) is 16.9. The minimum atomic E-state index is -0.306. The maximum absolute atomic E-state index is 11.7. The molecule has 25 heavy (non-hydrogen) atoms. The quantitative estimate of drug-likeness (QED) is 0.572. The summed E-state index contributed by atoms with van der Waals surface area (Å²) in [5.41, 5.74) is 4.26. The molecule has 2 aromatic carbocycles. The number of benzene rings is 2. The molecule has 2 N–H and O–H groups in total. The Hall–Kier alpha value is -3.15. The number of hydrazone groups is 1. The second-order valence-corrected chi connectivity index (χ2v) is 5.33. The molecule has 2 rings (SSSR count). The molecular weight excluding hydrogens is 318 g/mol. The van der Waals surface area contributed by atoms with Crippen molar-refractivity contribution >= 4 is 18.0 Å². The third kappa shape index (κ3) is 6.87. The van der Waals surface area contributed by atoms with Gasteiger partial charge in [0.1, 0.15) is 5.75 Å². The predicted molar refractivity (Wildman–Crippen MR) is 96.3 cm³/mol. The summed E-state index contributed by atoms with van der Waals surface area (Å²) in [6.07, 6.45) is 1.74. The molecule has 0 saturated heterocycles. The van der Waals surface area contributed by atoms with E-state index < -0.39 is 0 Å². The van der Waals surface area contributed by atoms with Gasteiger partial charge in [-0.1, -0.05) is 30.3 Å². The molecule has 6 nitrogen and oxygen atoms in total. The third-order valence-corrected chi connectivity index (χ3v) is 3.43. The van der Waals surface area contributed by atoms with Crippen molar-refractivity contribution in [1.82, 2.24) is 10.7 Å². The molecule has 0 aromatic heterocycles. The van der Waals surface area contributed by atoms with Crippen molar-refractivity contribution in [3.05, 3.63) is 65.7 Å². The normalized spacial score (nSPS) is 10.4. The van der Waals surface area contributed by atoms with Crippen LogP contribution in [0.5, 0.6) is 5.75 Å². The van der Waals surface area contributed by atoms with E-state index in [1.165, 1.54) is 6.21 Å². The van der Waals surface area contributed by atoms with Crippen molar-refractivity contribution in [3.8, 4) is 5.75 Å². The van der Waals surface area contributed by atoms with Crippen LogP contribution < -0.4 is 15.5 Å². The van der Waals surface area contributed by atoms with Gasteiger partial charge in [0.15, 0.2) is 0 Å². The molecular formula is C19H21N3O3. The fraction of sp³-hybridized carbons (Fsp3) is 0.211. The summed E-state index contributed by atoms with van der Waals surface area (Å²) in [5, 5.41) is 6.65. The minimum Gasteiger partial charge on any atom is -0.497 e. The first-order valence-corrected chi connectivity index (χ1v) is 7.94. The lowest BCUT2D eigenvalue weighted by Gasteiger charge is -2.05. The summed E-state index contributed by atoms with van der Waals surface area (Å²) in [4.78, 5) is 23.4. The molecule has 0 aliphatic heterocycles. The van der Waals surface area contributed by atoms with Crippen molar-refractivity contribution in [2.45, 2.75) is 19.4 Å². The molecule has 2 amide bonds. The van der Waals surface area contributed by atoms with Crippen molar-refractivity contribution in [1.29, 1.82) is 0 Å². The number of nitrogens with zero attached hydrogens (tertiary/aromatic N) is 1. The van der Waals surface area contributed by atoms with E-state index in [0.717, 1.165) is 16.9 Å². The van der Waals surface area contributed by atoms with Crippen LogP contribution in [0.25, 0.3) is 0 Å². The molecule has 0 unspecified atom stereocenters. The van der Waals surface area contributed by atoms with E-state index in [2.05, 4.69) is 15.8 Å². The average Bonchev–Trinajstić information content (AvgIpc) is 2.66. The maximum Gasteiger partial charge on any atom is 0.240 e. The number of carbonyl (C=O) groups excluding carboxylic acids is 2. The molecule has 0 radical (unpaired) electrons. The average molecular weight is 339 g/mol. The van der Waals surface area contributed by atoms with E-state index in [9.17, 15) is 9.59 Å². The van der Waals surface area contributed by atoms with E-state index in [-0.39, 0.29) is 24.7 Å². The highest BCUT2D eigenvalue weighted by Crippen LogP contribution is 2.09. The first-order valence-electron chi connectivity index (χ1n) is 7.94. The highest BCUT2D eigenvalue weighted by atomic mass is 16.5. The molecule has 6 heteroatoms. The third-order valence-electron chi connectivity index (χ3n) is 3.43. The molecule has 0 atom stereocenters. The Bertz CT molecular complexity index is 712. The first kappa shape index (κ1) is 18.2. The monoisotopic (exact) mass is 339 g/mol. The highest BCUT2D eigenvalue weighted by Gasteiger charge is 2.06. The molecule has 0 aliphatic carbocycles. The summed E-state index contributed by atoms with van der Waals surface area (Å²) < 4.78 is 5.06. The van der Waals surface area contributed by atoms with Gasteiger partial charge in [0.2, 0.25) is 11.8 Å². The zero-order chi connectivity index (χ0) is 17.9. The lowest BCUT2D eigenvalue weighted by Crippen LogP contribution is -2.25. The summed E-state index contributed by atoms with van der Waals surface area (Å²) in [6.45, 7) is 0.455. The van der Waals surface area contributed by atoms with Crippen molar-refractivity contribution < 1.29 is 14.3 Å². The smallest absolute Gasteiger partial charge is 0.240 e. The van der Waals surface area contributed by atoms with Gasteiger partial charge in [-0.2, -0.15) is 5.10 Å². The van der Waals surface area contributed by atoms with E-state index in [1.807, 2.05) is 42.5 Å². The lowest BCUT2D eigenvalue weighted by molar-refractivity contribution is -0.126. The van der Waals surface area contributed by atoms with Gasteiger partial charge in [-0.3, -0.25) is 9.59 Å². The van der Waals surface area contributed by atoms with E-state index in [1.54, 1.807) is 19.2 Å². The maximum atomic E-state index is 11.7. The zero-order valence-electron chi connectivity index (χ0n) is 14.1. The van der Waals surface area contributed by atoms with E-state index >= 15 is 0 Å². The topological polar surface area (TPSA) is 79.8 Å². The molecule has 0 bridgehead atoms. The molecule has 0 heterocycles. The van der Waals surface area contributed by atoms with Crippen LogP contribution in [-0.4, -0.2) is 25.1 Å². The molecule has 0 fully saturated rings. The Kier molecular flexibility index (Phi) is 7.18. The van der Waals surface area contributed by atoms with Gasteiger partial charge in [0.25, 0.3) is 0 Å². The van der Waals surface area contributed by atoms with Crippen LogP contribution in [0, 0.1) is 0 Å². The molecule has 130 valence electrons. The van der Waals surface area contributed by atoms with Gasteiger partial charge < -0.3 is 10.1 Å². The van der Waals surface area contributed by atoms with Crippen LogP contribution in [0.1, 0.15) is 24.0 Å². The van der Waals surface area contributed by atoms with Gasteiger partial charge in [-0.25, -0.2) is 5.43 Å². The second-order valence-electron chi connectivity index (χ2n) is 5.33. The highest BCUT2D eigenvalue weighted by molar-refractivity contribution is 5.85. The van der Waals surface area contributed by atoms with E-state index in [4.69, 9.17) is 4.74 Å². The van der Waals surface area contributed by atoms with Crippen LogP contribution in [0.2, 0.25) is 0 Å². The number of carbonyl (C=O) groups is 2. The molecule has 2 aromatic rings. The fourth-order valence-corrected chi connectivity index (χ4v) is 2.04. The molecule has 0 aliphatic rings. The predicted octanol–water partition coefficient (Wildman–Crippen LogP) is 2.24. The van der Waals surface area contributed by atoms with Crippen LogP contribution in [0.15, 0.2) is 59.7 Å². The number of amides is 2. The van der Waals surface area contributed by atoms with E-state index in [0.29, 0.717) is 6.54 Å². The van der Waals surface area contributed by atoms with Gasteiger partial charge >= 0.3 is 0 Å². The Morgan fingerprint density at radius 1 is 1.00 bits per heavy atom. The van der Waals surface area contributed by atoms with Gasteiger partial charge in [0, 0.05) is 19.4 Å². The molecule has 0 saturated carbocycles. The Labute approximate surface area is 146 Å². The van der Waals surface area contributed by atoms with Crippen LogP contribution >= 0.6 is 0 Å². The van der Waals surface area contributed by atoms with Gasteiger partial charge in [0.05, 0.1) is 13.3 Å². The number of methoxy groups -OCH3 is 1. The standard InChI is InChI=1S/C19H21N3O3/c1-25-17-9-7-16(8-10-17)14-21-22-19(24)12-11-18(23)20-13-15-5-3-2-4-6-15/h2-10,14H,11-13H2,1H3,(H,20,23)(H,22,24). The molecule has 0 spiro atoms. The van der Waals surface area contributed by atoms with Crippen LogP contribution in [0.3, 0.4) is 0 Å².